The Morgan fingerprint density at radius 3 is 2.27 bits per heavy atom. The van der Waals surface area contributed by atoms with Gasteiger partial charge in [0.15, 0.2) is 15.5 Å². The molecule has 3 rings (SSSR count). The number of azo groups is 1. The molecule has 248 valence electrons. The van der Waals surface area contributed by atoms with Crippen LogP contribution in [0.3, 0.4) is 0 Å². The third-order valence-corrected chi connectivity index (χ3v) is 10.6. The maximum atomic E-state index is 13.1. The van der Waals surface area contributed by atoms with Crippen molar-refractivity contribution in [3.05, 3.63) is 58.5 Å². The maximum Gasteiger partial charge on any atom is 0.397 e. The van der Waals surface area contributed by atoms with Crippen molar-refractivity contribution in [3.63, 3.8) is 0 Å². The summed E-state index contributed by atoms with van der Waals surface area (Å²) in [5.41, 5.74) is -0.152. The highest BCUT2D eigenvalue weighted by atomic mass is 32.3. The minimum absolute atomic E-state index is 0.0249. The number of H-pyrrole nitrogens is 1. The zero-order valence-corrected chi connectivity index (χ0v) is 27.0. The SMILES string of the molecule is CC(=O)N(C)CCS(=O)(=O)c1ccc(N=Nc2c(C)[nH]n(-c3ccc(S(O)(O)CCOS(=O)(=O)O)cc3)c2=O)c(SOOO)c1. The molecule has 18 nitrogen and oxygen atoms in total. The number of amides is 1. The number of aromatic nitrogens is 2. The first-order valence-electron chi connectivity index (χ1n) is 12.4. The third kappa shape index (κ3) is 9.91. The molecule has 0 saturated carbocycles. The van der Waals surface area contributed by atoms with Gasteiger partial charge >= 0.3 is 10.4 Å². The van der Waals surface area contributed by atoms with E-state index in [2.05, 4.69) is 28.9 Å². The molecule has 0 fully saturated rings. The van der Waals surface area contributed by atoms with E-state index in [1.807, 2.05) is 0 Å². The van der Waals surface area contributed by atoms with Gasteiger partial charge in [0.25, 0.3) is 5.56 Å². The fraction of sp³-hybridized carbons (Fsp3) is 0.304. The van der Waals surface area contributed by atoms with Gasteiger partial charge in [-0.3, -0.25) is 28.3 Å². The van der Waals surface area contributed by atoms with Crippen LogP contribution in [0.5, 0.6) is 0 Å². The molecule has 0 spiro atoms. The molecule has 5 N–H and O–H groups in total. The molecular weight excluding hydrogens is 683 g/mol. The second-order valence-corrected chi connectivity index (χ2v) is 15.3. The number of aromatic amines is 1. The van der Waals surface area contributed by atoms with Crippen molar-refractivity contribution in [3.8, 4) is 5.69 Å². The first kappa shape index (κ1) is 36.3. The summed E-state index contributed by atoms with van der Waals surface area (Å²) in [6, 6.07) is 9.14. The lowest BCUT2D eigenvalue weighted by Crippen LogP contribution is -2.29. The van der Waals surface area contributed by atoms with E-state index in [0.717, 1.165) is 4.68 Å². The number of hydrogen-bond donors (Lipinski definition) is 5. The van der Waals surface area contributed by atoms with Crippen LogP contribution in [0.4, 0.5) is 11.4 Å². The standard InChI is InChI=1S/C23H29N5O13S4/c1-15-22(23(30)28(26-15)17-4-6-18(7-5-17)44(34,35)13-11-39-45(36,37)38)25-24-20-9-8-19(14-21(20)42-41-40-31)43(32,33)12-10-27(3)16(2)29/h4-9,14,26,31,34-35H,10-13H2,1-3H3,(H,36,37,38). The summed E-state index contributed by atoms with van der Waals surface area (Å²) in [6.45, 7) is 2.12. The molecule has 0 unspecified atom stereocenters. The van der Waals surface area contributed by atoms with E-state index < -0.39 is 48.7 Å². The summed E-state index contributed by atoms with van der Waals surface area (Å²) in [6.07, 6.45) is 0. The van der Waals surface area contributed by atoms with Gasteiger partial charge in [0.1, 0.15) is 5.69 Å². The second-order valence-electron chi connectivity index (χ2n) is 9.16. The lowest BCUT2D eigenvalue weighted by Gasteiger charge is -2.32. The zero-order chi connectivity index (χ0) is 33.6. The van der Waals surface area contributed by atoms with E-state index >= 15 is 0 Å². The number of hydrogen-bond acceptors (Lipinski definition) is 15. The van der Waals surface area contributed by atoms with Gasteiger partial charge in [0.2, 0.25) is 5.91 Å². The lowest BCUT2D eigenvalue weighted by atomic mass is 10.3. The fourth-order valence-corrected chi connectivity index (χ4v) is 6.94. The van der Waals surface area contributed by atoms with E-state index in [4.69, 9.17) is 9.81 Å². The Morgan fingerprint density at radius 1 is 1.02 bits per heavy atom. The highest BCUT2D eigenvalue weighted by molar-refractivity contribution is 8.24. The molecule has 0 saturated heterocycles. The predicted molar refractivity (Wildman–Crippen MR) is 161 cm³/mol. The van der Waals surface area contributed by atoms with Gasteiger partial charge in [-0.15, -0.1) is 14.6 Å². The van der Waals surface area contributed by atoms with Crippen molar-refractivity contribution in [2.75, 3.05) is 31.7 Å². The molecular formula is C23H29N5O13S4. The van der Waals surface area contributed by atoms with Gasteiger partial charge < -0.3 is 4.90 Å². The summed E-state index contributed by atoms with van der Waals surface area (Å²) in [5.74, 6) is -1.18. The highest BCUT2D eigenvalue weighted by Gasteiger charge is 2.21. The van der Waals surface area contributed by atoms with Crippen LogP contribution in [0.15, 0.2) is 72.2 Å². The van der Waals surface area contributed by atoms with Crippen LogP contribution in [0, 0.1) is 6.92 Å². The molecule has 0 atom stereocenters. The molecule has 1 heterocycles. The Labute approximate surface area is 262 Å². The molecule has 0 radical (unpaired) electrons. The van der Waals surface area contributed by atoms with Gasteiger partial charge in [-0.05, 0) is 49.4 Å². The van der Waals surface area contributed by atoms with Crippen molar-refractivity contribution in [2.24, 2.45) is 10.2 Å². The van der Waals surface area contributed by atoms with Crippen LogP contribution >= 0.6 is 22.6 Å². The first-order chi connectivity index (χ1) is 20.9. The van der Waals surface area contributed by atoms with Gasteiger partial charge in [0.05, 0.1) is 56.2 Å². The average Bonchev–Trinajstić information content (AvgIpc) is 3.25. The molecule has 1 amide bonds. The highest BCUT2D eigenvalue weighted by Crippen LogP contribution is 2.47. The number of nitrogens with zero attached hydrogens (tertiary/aromatic N) is 4. The molecule has 2 aromatic carbocycles. The van der Waals surface area contributed by atoms with E-state index in [9.17, 15) is 35.5 Å². The summed E-state index contributed by atoms with van der Waals surface area (Å²) in [7, 11) is -10.6. The molecule has 0 aliphatic rings. The molecule has 22 heteroatoms. The van der Waals surface area contributed by atoms with Crippen molar-refractivity contribution >= 4 is 60.2 Å². The zero-order valence-electron chi connectivity index (χ0n) is 23.8. The summed E-state index contributed by atoms with van der Waals surface area (Å²) < 4.78 is 86.0. The minimum Gasteiger partial charge on any atom is -0.345 e. The Morgan fingerprint density at radius 2 is 1.67 bits per heavy atom. The van der Waals surface area contributed by atoms with Gasteiger partial charge in [-0.1, -0.05) is 5.04 Å². The lowest BCUT2D eigenvalue weighted by molar-refractivity contribution is -0.432. The Balaban J connectivity index is 1.85. The first-order valence-corrected chi connectivity index (χ1v) is 17.9. The molecule has 0 bridgehead atoms. The van der Waals surface area contributed by atoms with Crippen molar-refractivity contribution in [1.82, 2.24) is 14.7 Å². The van der Waals surface area contributed by atoms with Crippen LogP contribution in [-0.4, -0.2) is 88.0 Å². The van der Waals surface area contributed by atoms with Gasteiger partial charge in [0, 0.05) is 20.5 Å². The smallest absolute Gasteiger partial charge is 0.345 e. The molecule has 1 aromatic heterocycles. The molecule has 0 aliphatic heterocycles. The monoisotopic (exact) mass is 711 g/mol. The predicted octanol–water partition coefficient (Wildman–Crippen LogP) is 3.50. The summed E-state index contributed by atoms with van der Waals surface area (Å²) in [4.78, 5) is 25.8. The number of sulfone groups is 1. The number of rotatable bonds is 15. The number of nitrogens with one attached hydrogen (secondary N) is 1. The number of aryl methyl sites for hydroxylation is 1. The van der Waals surface area contributed by atoms with E-state index in [1.165, 1.54) is 61.3 Å². The van der Waals surface area contributed by atoms with Crippen LogP contribution in [0.2, 0.25) is 0 Å². The molecule has 3 aromatic rings. The Hall–Kier alpha value is -3.16. The van der Waals surface area contributed by atoms with Gasteiger partial charge in [-0.2, -0.15) is 19.0 Å². The van der Waals surface area contributed by atoms with Crippen molar-refractivity contribution < 1.29 is 54.1 Å². The van der Waals surface area contributed by atoms with Crippen LogP contribution in [0.1, 0.15) is 12.6 Å². The normalized spacial score (nSPS) is 13.0. The Bertz CT molecular complexity index is 1820. The molecule has 45 heavy (non-hydrogen) atoms. The fourth-order valence-electron chi connectivity index (χ4n) is 3.55. The average molecular weight is 712 g/mol. The van der Waals surface area contributed by atoms with Gasteiger partial charge in [-0.25, -0.2) is 22.5 Å². The second kappa shape index (κ2) is 15.0. The summed E-state index contributed by atoms with van der Waals surface area (Å²) in [5, 5.41) is 23.1. The van der Waals surface area contributed by atoms with E-state index in [-0.39, 0.29) is 55.6 Å². The Kier molecular flexibility index (Phi) is 12.1. The third-order valence-electron chi connectivity index (χ3n) is 6.05. The number of carbonyl (C=O) groups is 1. The number of carbonyl (C=O) groups excluding carboxylic acids is 1. The molecule has 0 aliphatic carbocycles. The van der Waals surface area contributed by atoms with E-state index in [0.29, 0.717) is 12.0 Å². The maximum absolute atomic E-state index is 13.1. The van der Waals surface area contributed by atoms with Crippen LogP contribution in [0.25, 0.3) is 5.69 Å². The van der Waals surface area contributed by atoms with Crippen molar-refractivity contribution in [2.45, 2.75) is 28.5 Å². The number of benzene rings is 2. The summed E-state index contributed by atoms with van der Waals surface area (Å²) >= 11 is 0.426. The van der Waals surface area contributed by atoms with Crippen LogP contribution in [-0.2, 0) is 38.6 Å². The minimum atomic E-state index is -4.75. The van der Waals surface area contributed by atoms with Crippen molar-refractivity contribution in [1.29, 1.82) is 0 Å². The van der Waals surface area contributed by atoms with Crippen LogP contribution < -0.4 is 5.56 Å². The van der Waals surface area contributed by atoms with E-state index in [1.54, 1.807) is 6.92 Å². The quantitative estimate of drug-likeness (QED) is 0.0497. The largest absolute Gasteiger partial charge is 0.397 e. The topological polar surface area (TPSA) is 260 Å².